The first-order valence-corrected chi connectivity index (χ1v) is 6.83. The number of rotatable bonds is 3. The van der Waals surface area contributed by atoms with E-state index in [1.165, 1.54) is 16.2 Å². The minimum Gasteiger partial charge on any atom is -0.344 e. The molecule has 4 heteroatoms. The lowest BCUT2D eigenvalue weighted by molar-refractivity contribution is 0.0944. The molecule has 0 aliphatic carbocycles. The normalized spacial score (nSPS) is 12.4. The fourth-order valence-electron chi connectivity index (χ4n) is 1.48. The van der Waals surface area contributed by atoms with Crippen LogP contribution in [0.4, 0.5) is 0 Å². The zero-order valence-electron chi connectivity index (χ0n) is 9.19. The summed E-state index contributed by atoms with van der Waals surface area (Å²) in [6.45, 7) is 3.97. The number of hydrogen-bond acceptors (Lipinski definition) is 3. The Morgan fingerprint density at radius 3 is 2.69 bits per heavy atom. The molecule has 1 N–H and O–H groups in total. The number of thiophene rings is 2. The smallest absolute Gasteiger partial charge is 0.262 e. The van der Waals surface area contributed by atoms with E-state index in [9.17, 15) is 4.79 Å². The third kappa shape index (κ3) is 2.33. The molecule has 1 unspecified atom stereocenters. The van der Waals surface area contributed by atoms with E-state index in [4.69, 9.17) is 0 Å². The minimum absolute atomic E-state index is 0.0217. The van der Waals surface area contributed by atoms with E-state index in [2.05, 4.69) is 5.32 Å². The minimum atomic E-state index is 0.0217. The van der Waals surface area contributed by atoms with Crippen molar-refractivity contribution >= 4 is 28.6 Å². The van der Waals surface area contributed by atoms with Crippen molar-refractivity contribution in [3.8, 4) is 0 Å². The van der Waals surface area contributed by atoms with Gasteiger partial charge in [-0.15, -0.1) is 22.7 Å². The van der Waals surface area contributed by atoms with Gasteiger partial charge in [-0.1, -0.05) is 6.07 Å². The van der Waals surface area contributed by atoms with Crippen molar-refractivity contribution in [1.82, 2.24) is 5.32 Å². The van der Waals surface area contributed by atoms with Crippen LogP contribution in [0.2, 0.25) is 0 Å². The Labute approximate surface area is 103 Å². The summed E-state index contributed by atoms with van der Waals surface area (Å²) in [5, 5.41) is 6.97. The summed E-state index contributed by atoms with van der Waals surface area (Å²) >= 11 is 3.15. The fraction of sp³-hybridized carbons (Fsp3) is 0.250. The van der Waals surface area contributed by atoms with Gasteiger partial charge in [0.2, 0.25) is 0 Å². The zero-order chi connectivity index (χ0) is 11.5. The molecule has 0 aliphatic rings. The molecule has 1 amide bonds. The van der Waals surface area contributed by atoms with Gasteiger partial charge in [-0.25, -0.2) is 0 Å². The van der Waals surface area contributed by atoms with Gasteiger partial charge in [0.05, 0.1) is 10.9 Å². The summed E-state index contributed by atoms with van der Waals surface area (Å²) in [6, 6.07) is 6.08. The van der Waals surface area contributed by atoms with Crippen molar-refractivity contribution in [2.75, 3.05) is 0 Å². The summed E-state index contributed by atoms with van der Waals surface area (Å²) in [5.74, 6) is 0.0217. The van der Waals surface area contributed by atoms with Gasteiger partial charge in [0.1, 0.15) is 0 Å². The van der Waals surface area contributed by atoms with Gasteiger partial charge in [0.15, 0.2) is 0 Å². The first-order valence-electron chi connectivity index (χ1n) is 5.07. The first kappa shape index (κ1) is 11.4. The molecule has 2 aromatic rings. The Morgan fingerprint density at radius 2 is 2.12 bits per heavy atom. The summed E-state index contributed by atoms with van der Waals surface area (Å²) in [4.78, 5) is 13.9. The van der Waals surface area contributed by atoms with Crippen molar-refractivity contribution in [2.45, 2.75) is 19.9 Å². The largest absolute Gasteiger partial charge is 0.344 e. The van der Waals surface area contributed by atoms with Crippen LogP contribution in [0, 0.1) is 6.92 Å². The van der Waals surface area contributed by atoms with E-state index in [1.807, 2.05) is 42.8 Å². The highest BCUT2D eigenvalue weighted by molar-refractivity contribution is 7.12. The predicted molar refractivity (Wildman–Crippen MR) is 69.3 cm³/mol. The van der Waals surface area contributed by atoms with Crippen LogP contribution >= 0.6 is 22.7 Å². The topological polar surface area (TPSA) is 29.1 Å². The second-order valence-electron chi connectivity index (χ2n) is 3.64. The van der Waals surface area contributed by atoms with Crippen LogP contribution in [-0.2, 0) is 0 Å². The average molecular weight is 251 g/mol. The maximum Gasteiger partial charge on any atom is 0.262 e. The van der Waals surface area contributed by atoms with Crippen LogP contribution in [-0.4, -0.2) is 5.91 Å². The number of amides is 1. The van der Waals surface area contributed by atoms with Gasteiger partial charge in [0.25, 0.3) is 5.91 Å². The third-order valence-electron chi connectivity index (χ3n) is 2.39. The number of hydrogen-bond donors (Lipinski definition) is 1. The summed E-state index contributed by atoms with van der Waals surface area (Å²) in [6.07, 6.45) is 0. The molecule has 2 aromatic heterocycles. The molecule has 0 aromatic carbocycles. The van der Waals surface area contributed by atoms with Crippen molar-refractivity contribution in [2.24, 2.45) is 0 Å². The van der Waals surface area contributed by atoms with Crippen LogP contribution < -0.4 is 5.32 Å². The van der Waals surface area contributed by atoms with E-state index in [0.717, 1.165) is 10.4 Å². The predicted octanol–water partition coefficient (Wildman–Crippen LogP) is 3.61. The molecule has 0 fully saturated rings. The highest BCUT2D eigenvalue weighted by Gasteiger charge is 2.14. The maximum absolute atomic E-state index is 11.9. The quantitative estimate of drug-likeness (QED) is 0.887. The van der Waals surface area contributed by atoms with Gasteiger partial charge < -0.3 is 5.32 Å². The van der Waals surface area contributed by atoms with E-state index < -0.39 is 0 Å². The van der Waals surface area contributed by atoms with Gasteiger partial charge in [0, 0.05) is 4.88 Å². The lowest BCUT2D eigenvalue weighted by Crippen LogP contribution is -2.25. The maximum atomic E-state index is 11.9. The van der Waals surface area contributed by atoms with E-state index in [0.29, 0.717) is 0 Å². The van der Waals surface area contributed by atoms with Crippen molar-refractivity contribution < 1.29 is 4.79 Å². The van der Waals surface area contributed by atoms with Crippen LogP contribution in [0.1, 0.15) is 33.1 Å². The standard InChI is InChI=1S/C12H13NOS2/c1-8-5-7-16-11(8)12(14)13-9(2)10-4-3-6-15-10/h3-7,9H,1-2H3,(H,13,14). The van der Waals surface area contributed by atoms with Crippen LogP contribution in [0.25, 0.3) is 0 Å². The highest BCUT2D eigenvalue weighted by atomic mass is 32.1. The molecule has 0 bridgehead atoms. The molecule has 1 atom stereocenters. The molecule has 2 nitrogen and oxygen atoms in total. The molecular formula is C12H13NOS2. The van der Waals surface area contributed by atoms with Crippen LogP contribution in [0.15, 0.2) is 29.0 Å². The second-order valence-corrected chi connectivity index (χ2v) is 5.54. The van der Waals surface area contributed by atoms with Gasteiger partial charge in [-0.3, -0.25) is 4.79 Å². The molecule has 84 valence electrons. The zero-order valence-corrected chi connectivity index (χ0v) is 10.8. The molecule has 0 spiro atoms. The monoisotopic (exact) mass is 251 g/mol. The number of carbonyl (C=O) groups excluding carboxylic acids is 1. The van der Waals surface area contributed by atoms with Gasteiger partial charge in [-0.2, -0.15) is 0 Å². The summed E-state index contributed by atoms with van der Waals surface area (Å²) < 4.78 is 0. The Kier molecular flexibility index (Phi) is 3.41. The molecule has 0 saturated carbocycles. The van der Waals surface area contributed by atoms with Crippen molar-refractivity contribution in [3.63, 3.8) is 0 Å². The van der Waals surface area contributed by atoms with Crippen LogP contribution in [0.3, 0.4) is 0 Å². The lowest BCUT2D eigenvalue weighted by atomic mass is 10.2. The average Bonchev–Trinajstić information content (AvgIpc) is 2.86. The molecule has 16 heavy (non-hydrogen) atoms. The highest BCUT2D eigenvalue weighted by Crippen LogP contribution is 2.20. The molecule has 2 heterocycles. The third-order valence-corrected chi connectivity index (χ3v) is 4.46. The molecule has 2 rings (SSSR count). The van der Waals surface area contributed by atoms with Gasteiger partial charge in [-0.05, 0) is 42.3 Å². The van der Waals surface area contributed by atoms with E-state index in [1.54, 1.807) is 11.3 Å². The molecule has 0 saturated heterocycles. The van der Waals surface area contributed by atoms with Crippen molar-refractivity contribution in [3.05, 3.63) is 44.3 Å². The Bertz CT molecular complexity index is 473. The second kappa shape index (κ2) is 4.80. The van der Waals surface area contributed by atoms with E-state index >= 15 is 0 Å². The lowest BCUT2D eigenvalue weighted by Gasteiger charge is -2.11. The van der Waals surface area contributed by atoms with Crippen molar-refractivity contribution in [1.29, 1.82) is 0 Å². The fourth-order valence-corrected chi connectivity index (χ4v) is 3.04. The number of nitrogens with one attached hydrogen (secondary N) is 1. The van der Waals surface area contributed by atoms with Crippen LogP contribution in [0.5, 0.6) is 0 Å². The van der Waals surface area contributed by atoms with Gasteiger partial charge >= 0.3 is 0 Å². The molecule has 0 aliphatic heterocycles. The Morgan fingerprint density at radius 1 is 1.31 bits per heavy atom. The Hall–Kier alpha value is -1.13. The summed E-state index contributed by atoms with van der Waals surface area (Å²) in [5.41, 5.74) is 1.04. The molecular weight excluding hydrogens is 238 g/mol. The first-order chi connectivity index (χ1) is 7.68. The summed E-state index contributed by atoms with van der Waals surface area (Å²) in [7, 11) is 0. The molecule has 0 radical (unpaired) electrons. The SMILES string of the molecule is Cc1ccsc1C(=O)NC(C)c1cccs1. The van der Waals surface area contributed by atoms with E-state index in [-0.39, 0.29) is 11.9 Å². The number of aryl methyl sites for hydroxylation is 1. The Balaban J connectivity index is 2.06. The number of carbonyl (C=O) groups is 1.